The van der Waals surface area contributed by atoms with E-state index in [9.17, 15) is 4.79 Å². The quantitative estimate of drug-likeness (QED) is 0.808. The van der Waals surface area contributed by atoms with Crippen LogP contribution in [-0.4, -0.2) is 17.7 Å². The molecule has 1 N–H and O–H groups in total. The van der Waals surface area contributed by atoms with Crippen LogP contribution in [0.15, 0.2) is 42.5 Å². The Kier molecular flexibility index (Phi) is 4.18. The van der Waals surface area contributed by atoms with E-state index in [0.717, 1.165) is 35.5 Å². The number of allylic oxidation sites excluding steroid dienone is 1. The van der Waals surface area contributed by atoms with Crippen LogP contribution < -0.4 is 4.74 Å². The molecule has 1 aliphatic rings. The van der Waals surface area contributed by atoms with Crippen LogP contribution in [0, 0.1) is 0 Å². The van der Waals surface area contributed by atoms with E-state index in [4.69, 9.17) is 9.84 Å². The first-order chi connectivity index (χ1) is 11.4. The highest BCUT2D eigenvalue weighted by atomic mass is 16.5. The van der Waals surface area contributed by atoms with Crippen molar-refractivity contribution in [1.29, 1.82) is 0 Å². The van der Waals surface area contributed by atoms with Crippen LogP contribution in [0.3, 0.4) is 0 Å². The van der Waals surface area contributed by atoms with E-state index in [1.54, 1.807) is 12.1 Å². The molecule has 0 radical (unpaired) electrons. The second kappa shape index (κ2) is 6.16. The molecule has 2 aromatic carbocycles. The first kappa shape index (κ1) is 16.3. The molecule has 0 bridgehead atoms. The Morgan fingerprint density at radius 3 is 2.58 bits per heavy atom. The maximum atomic E-state index is 10.9. The van der Waals surface area contributed by atoms with Gasteiger partial charge in [0, 0.05) is 5.56 Å². The molecule has 0 amide bonds. The Balaban J connectivity index is 1.92. The lowest BCUT2D eigenvalue weighted by atomic mass is 9.79. The van der Waals surface area contributed by atoms with Crippen LogP contribution in [-0.2, 0) is 5.41 Å². The molecule has 0 aromatic heterocycles. The molecule has 24 heavy (non-hydrogen) atoms. The average Bonchev–Trinajstić information content (AvgIpc) is 2.55. The lowest BCUT2D eigenvalue weighted by Gasteiger charge is -2.32. The third-order valence-electron chi connectivity index (χ3n) is 4.69. The van der Waals surface area contributed by atoms with E-state index in [0.29, 0.717) is 5.56 Å². The van der Waals surface area contributed by atoms with Crippen molar-refractivity contribution in [2.45, 2.75) is 32.6 Å². The van der Waals surface area contributed by atoms with Gasteiger partial charge in [-0.3, -0.25) is 0 Å². The number of benzene rings is 2. The SMILES string of the molecule is C/[14C](=C\c1ccc(C(=O)O)cc1)c1ccc2c(c1)C(C)(C)CCO2. The summed E-state index contributed by atoms with van der Waals surface area (Å²) in [6.07, 6.45) is 3.09. The van der Waals surface area contributed by atoms with Gasteiger partial charge in [0.25, 0.3) is 0 Å². The molecule has 0 spiro atoms. The van der Waals surface area contributed by atoms with Crippen molar-refractivity contribution in [1.82, 2.24) is 0 Å². The smallest absolute Gasteiger partial charge is 0.335 e. The molecule has 3 heteroatoms. The summed E-state index contributed by atoms with van der Waals surface area (Å²) in [4.78, 5) is 10.9. The van der Waals surface area contributed by atoms with Crippen LogP contribution in [0.1, 0.15) is 54.2 Å². The fourth-order valence-corrected chi connectivity index (χ4v) is 3.04. The highest BCUT2D eigenvalue weighted by Gasteiger charge is 2.28. The standard InChI is InChI=1S/C21H22O3/c1-14(12-15-4-6-16(7-5-15)20(22)23)17-8-9-19-18(13-17)21(2,3)10-11-24-19/h4-9,12-13H,10-11H2,1-3H3,(H,22,23)/b14-12+/i14+2. The Bertz CT molecular complexity index is 798. The highest BCUT2D eigenvalue weighted by Crippen LogP contribution is 2.39. The van der Waals surface area contributed by atoms with Gasteiger partial charge in [-0.25, -0.2) is 4.79 Å². The van der Waals surface area contributed by atoms with Gasteiger partial charge in [-0.2, -0.15) is 0 Å². The zero-order chi connectivity index (χ0) is 17.3. The lowest BCUT2D eigenvalue weighted by molar-refractivity contribution is 0.0697. The van der Waals surface area contributed by atoms with E-state index >= 15 is 0 Å². The summed E-state index contributed by atoms with van der Waals surface area (Å²) in [6.45, 7) is 7.34. The first-order valence-electron chi connectivity index (χ1n) is 8.16. The molecule has 0 saturated heterocycles. The van der Waals surface area contributed by atoms with Crippen molar-refractivity contribution in [3.05, 3.63) is 64.7 Å². The number of rotatable bonds is 3. The van der Waals surface area contributed by atoms with Gasteiger partial charge >= 0.3 is 5.97 Å². The summed E-state index contributed by atoms with van der Waals surface area (Å²) in [5.74, 6) is 0.0766. The average molecular weight is 324 g/mol. The van der Waals surface area contributed by atoms with Gasteiger partial charge in [-0.1, -0.05) is 38.1 Å². The Morgan fingerprint density at radius 2 is 1.92 bits per heavy atom. The second-order valence-corrected chi connectivity index (χ2v) is 6.95. The van der Waals surface area contributed by atoms with Crippen LogP contribution in [0.5, 0.6) is 5.75 Å². The Hall–Kier alpha value is -2.55. The summed E-state index contributed by atoms with van der Waals surface area (Å²) in [7, 11) is 0. The van der Waals surface area contributed by atoms with E-state index in [-0.39, 0.29) is 5.41 Å². The van der Waals surface area contributed by atoms with Crippen molar-refractivity contribution in [2.75, 3.05) is 6.61 Å². The summed E-state index contributed by atoms with van der Waals surface area (Å²) < 4.78 is 5.77. The predicted molar refractivity (Wildman–Crippen MR) is 96.5 cm³/mol. The van der Waals surface area contributed by atoms with Crippen molar-refractivity contribution in [3.8, 4) is 5.75 Å². The molecule has 2 aromatic rings. The minimum Gasteiger partial charge on any atom is -0.493 e. The maximum Gasteiger partial charge on any atom is 0.335 e. The fraction of sp³-hybridized carbons (Fsp3) is 0.286. The second-order valence-electron chi connectivity index (χ2n) is 6.95. The number of carboxylic acid groups (broad SMARTS) is 1. The molecule has 3 rings (SSSR count). The molecule has 0 aliphatic carbocycles. The van der Waals surface area contributed by atoms with Gasteiger partial charge in [0.2, 0.25) is 0 Å². The summed E-state index contributed by atoms with van der Waals surface area (Å²) in [6, 6.07) is 13.3. The summed E-state index contributed by atoms with van der Waals surface area (Å²) in [5, 5.41) is 8.97. The minimum absolute atomic E-state index is 0.118. The summed E-state index contributed by atoms with van der Waals surface area (Å²) in [5.41, 5.74) is 4.97. The number of carbonyl (C=O) groups is 1. The third-order valence-corrected chi connectivity index (χ3v) is 4.69. The molecule has 0 atom stereocenters. The van der Waals surface area contributed by atoms with Crippen LogP contribution >= 0.6 is 0 Å². The molecule has 1 aliphatic heterocycles. The van der Waals surface area contributed by atoms with Crippen LogP contribution in [0.2, 0.25) is 0 Å². The van der Waals surface area contributed by atoms with Crippen molar-refractivity contribution < 1.29 is 14.6 Å². The molecule has 124 valence electrons. The van der Waals surface area contributed by atoms with Gasteiger partial charge in [0.1, 0.15) is 5.75 Å². The third kappa shape index (κ3) is 3.21. The van der Waals surface area contributed by atoms with Crippen molar-refractivity contribution >= 4 is 17.6 Å². The number of aromatic carboxylic acids is 1. The van der Waals surface area contributed by atoms with Crippen LogP contribution in [0.25, 0.3) is 11.6 Å². The molecule has 1 heterocycles. The zero-order valence-electron chi connectivity index (χ0n) is 14.3. The lowest BCUT2D eigenvalue weighted by Crippen LogP contribution is -2.26. The van der Waals surface area contributed by atoms with Gasteiger partial charge in [0.15, 0.2) is 0 Å². The fourth-order valence-electron chi connectivity index (χ4n) is 3.04. The molecule has 3 nitrogen and oxygen atoms in total. The molecule has 0 unspecified atom stereocenters. The van der Waals surface area contributed by atoms with Gasteiger partial charge < -0.3 is 9.84 Å². The number of hydrogen-bond acceptors (Lipinski definition) is 2. The number of fused-ring (bicyclic) bond motifs is 1. The summed E-state index contributed by atoms with van der Waals surface area (Å²) >= 11 is 0. The van der Waals surface area contributed by atoms with Crippen LogP contribution in [0.4, 0.5) is 0 Å². The minimum atomic E-state index is -0.904. The Labute approximate surface area is 142 Å². The largest absolute Gasteiger partial charge is 0.493 e. The number of ether oxygens (including phenoxy) is 1. The molecule has 0 saturated carbocycles. The number of hydrogen-bond donors (Lipinski definition) is 1. The van der Waals surface area contributed by atoms with E-state index in [2.05, 4.69) is 45.0 Å². The normalized spacial score (nSPS) is 16.2. The van der Waals surface area contributed by atoms with E-state index < -0.39 is 5.97 Å². The van der Waals surface area contributed by atoms with E-state index in [1.165, 1.54) is 5.56 Å². The van der Waals surface area contributed by atoms with E-state index in [1.807, 2.05) is 12.1 Å². The maximum absolute atomic E-state index is 10.9. The zero-order valence-corrected chi connectivity index (χ0v) is 14.3. The monoisotopic (exact) mass is 324 g/mol. The van der Waals surface area contributed by atoms with Gasteiger partial charge in [0.05, 0.1) is 12.2 Å². The molecule has 0 fully saturated rings. The van der Waals surface area contributed by atoms with Crippen molar-refractivity contribution in [3.63, 3.8) is 0 Å². The highest BCUT2D eigenvalue weighted by molar-refractivity contribution is 5.88. The van der Waals surface area contributed by atoms with Gasteiger partial charge in [-0.15, -0.1) is 0 Å². The molecular formula is C21H22O3. The topological polar surface area (TPSA) is 46.5 Å². The first-order valence-corrected chi connectivity index (χ1v) is 8.16. The van der Waals surface area contributed by atoms with Crippen molar-refractivity contribution in [2.24, 2.45) is 0 Å². The van der Waals surface area contributed by atoms with Gasteiger partial charge in [-0.05, 0) is 59.7 Å². The molecular weight excluding hydrogens is 302 g/mol. The predicted octanol–water partition coefficient (Wildman–Crippen LogP) is 5.01. The number of carboxylic acids is 1. The Morgan fingerprint density at radius 1 is 1.21 bits per heavy atom.